The molecule has 0 aliphatic heterocycles. The average molecular weight is 227 g/mol. The SMILES string of the molecule is COc1ccc(C#N)c(-c2ccc(F)cc2)c1. The summed E-state index contributed by atoms with van der Waals surface area (Å²) >= 11 is 0. The van der Waals surface area contributed by atoms with Crippen LogP contribution >= 0.6 is 0 Å². The van der Waals surface area contributed by atoms with Crippen molar-refractivity contribution >= 4 is 0 Å². The van der Waals surface area contributed by atoms with E-state index in [4.69, 9.17) is 10.00 Å². The molecule has 0 aromatic heterocycles. The predicted octanol–water partition coefficient (Wildman–Crippen LogP) is 3.37. The molecule has 0 amide bonds. The summed E-state index contributed by atoms with van der Waals surface area (Å²) in [5, 5.41) is 9.03. The van der Waals surface area contributed by atoms with Crippen LogP contribution in [0.15, 0.2) is 42.5 Å². The molecule has 0 atom stereocenters. The Balaban J connectivity index is 2.56. The first-order valence-corrected chi connectivity index (χ1v) is 5.08. The highest BCUT2D eigenvalue weighted by Crippen LogP contribution is 2.27. The molecule has 0 bridgehead atoms. The molecule has 3 heteroatoms. The zero-order valence-electron chi connectivity index (χ0n) is 9.27. The zero-order chi connectivity index (χ0) is 12.3. The fraction of sp³-hybridized carbons (Fsp3) is 0.0714. The Bertz CT molecular complexity index is 570. The fourth-order valence-electron chi connectivity index (χ4n) is 1.62. The molecule has 0 spiro atoms. The first-order valence-electron chi connectivity index (χ1n) is 5.08. The van der Waals surface area contributed by atoms with Gasteiger partial charge in [-0.3, -0.25) is 0 Å². The van der Waals surface area contributed by atoms with Crippen molar-refractivity contribution in [2.45, 2.75) is 0 Å². The van der Waals surface area contributed by atoms with Gasteiger partial charge in [-0.2, -0.15) is 5.26 Å². The number of hydrogen-bond acceptors (Lipinski definition) is 2. The molecular formula is C14H10FNO. The fourth-order valence-corrected chi connectivity index (χ4v) is 1.62. The molecule has 2 aromatic rings. The topological polar surface area (TPSA) is 33.0 Å². The molecule has 2 rings (SSSR count). The third kappa shape index (κ3) is 2.26. The number of methoxy groups -OCH3 is 1. The van der Waals surface area contributed by atoms with Crippen LogP contribution in [-0.4, -0.2) is 7.11 Å². The second-order valence-electron chi connectivity index (χ2n) is 3.53. The Kier molecular flexibility index (Phi) is 3.06. The van der Waals surface area contributed by atoms with Gasteiger partial charge in [0, 0.05) is 5.56 Å². The largest absolute Gasteiger partial charge is 0.497 e. The third-order valence-electron chi connectivity index (χ3n) is 2.50. The Labute approximate surface area is 98.9 Å². The van der Waals surface area contributed by atoms with Crippen LogP contribution in [0.1, 0.15) is 5.56 Å². The third-order valence-corrected chi connectivity index (χ3v) is 2.50. The van der Waals surface area contributed by atoms with Crippen molar-refractivity contribution in [2.24, 2.45) is 0 Å². The van der Waals surface area contributed by atoms with Gasteiger partial charge in [0.2, 0.25) is 0 Å². The molecule has 84 valence electrons. The van der Waals surface area contributed by atoms with Gasteiger partial charge in [-0.15, -0.1) is 0 Å². The molecule has 0 saturated carbocycles. The maximum Gasteiger partial charge on any atom is 0.123 e. The standard InChI is InChI=1S/C14H10FNO/c1-17-13-7-4-11(9-16)14(8-13)10-2-5-12(15)6-3-10/h2-8H,1H3. The van der Waals surface area contributed by atoms with Gasteiger partial charge in [-0.1, -0.05) is 12.1 Å². The van der Waals surface area contributed by atoms with Crippen LogP contribution in [-0.2, 0) is 0 Å². The molecule has 0 saturated heterocycles. The summed E-state index contributed by atoms with van der Waals surface area (Å²) in [6, 6.07) is 13.3. The predicted molar refractivity (Wildman–Crippen MR) is 63.1 cm³/mol. The zero-order valence-corrected chi connectivity index (χ0v) is 9.27. The van der Waals surface area contributed by atoms with Crippen molar-refractivity contribution < 1.29 is 9.13 Å². The Morgan fingerprint density at radius 3 is 2.41 bits per heavy atom. The highest BCUT2D eigenvalue weighted by molar-refractivity contribution is 5.71. The molecule has 2 nitrogen and oxygen atoms in total. The van der Waals surface area contributed by atoms with Gasteiger partial charge in [0.15, 0.2) is 0 Å². The van der Waals surface area contributed by atoms with Crippen molar-refractivity contribution in [3.8, 4) is 22.9 Å². The van der Waals surface area contributed by atoms with Crippen LogP contribution in [0.5, 0.6) is 5.75 Å². The van der Waals surface area contributed by atoms with E-state index in [1.807, 2.05) is 0 Å². The molecule has 2 aromatic carbocycles. The second kappa shape index (κ2) is 4.67. The van der Waals surface area contributed by atoms with Crippen LogP contribution in [0.3, 0.4) is 0 Å². The van der Waals surface area contributed by atoms with Crippen molar-refractivity contribution in [2.75, 3.05) is 7.11 Å². The minimum absolute atomic E-state index is 0.296. The number of nitriles is 1. The molecule has 17 heavy (non-hydrogen) atoms. The first-order chi connectivity index (χ1) is 8.24. The van der Waals surface area contributed by atoms with Crippen LogP contribution in [0.4, 0.5) is 4.39 Å². The number of benzene rings is 2. The highest BCUT2D eigenvalue weighted by atomic mass is 19.1. The maximum atomic E-state index is 12.8. The lowest BCUT2D eigenvalue weighted by molar-refractivity contribution is 0.415. The van der Waals surface area contributed by atoms with E-state index in [0.717, 1.165) is 11.1 Å². The smallest absolute Gasteiger partial charge is 0.123 e. The van der Waals surface area contributed by atoms with Crippen molar-refractivity contribution in [1.82, 2.24) is 0 Å². The van der Waals surface area contributed by atoms with E-state index in [9.17, 15) is 4.39 Å². The van der Waals surface area contributed by atoms with Crippen LogP contribution < -0.4 is 4.74 Å². The monoisotopic (exact) mass is 227 g/mol. The summed E-state index contributed by atoms with van der Waals surface area (Å²) in [6.07, 6.45) is 0. The molecular weight excluding hydrogens is 217 g/mol. The summed E-state index contributed by atoms with van der Waals surface area (Å²) in [7, 11) is 1.57. The summed E-state index contributed by atoms with van der Waals surface area (Å²) in [5.74, 6) is 0.374. The van der Waals surface area contributed by atoms with Crippen LogP contribution in [0.2, 0.25) is 0 Å². The van der Waals surface area contributed by atoms with E-state index in [1.54, 1.807) is 37.4 Å². The van der Waals surface area contributed by atoms with Gasteiger partial charge >= 0.3 is 0 Å². The van der Waals surface area contributed by atoms with Gasteiger partial charge in [-0.25, -0.2) is 4.39 Å². The normalized spacial score (nSPS) is 9.71. The van der Waals surface area contributed by atoms with E-state index in [-0.39, 0.29) is 5.82 Å². The van der Waals surface area contributed by atoms with Crippen molar-refractivity contribution in [1.29, 1.82) is 5.26 Å². The first kappa shape index (κ1) is 11.2. The summed E-state index contributed by atoms with van der Waals surface area (Å²) in [4.78, 5) is 0. The molecule has 0 radical (unpaired) electrons. The lowest BCUT2D eigenvalue weighted by Gasteiger charge is -2.07. The number of ether oxygens (including phenoxy) is 1. The summed E-state index contributed by atoms with van der Waals surface area (Å²) in [6.45, 7) is 0. The van der Waals surface area contributed by atoms with Crippen LogP contribution in [0, 0.1) is 17.1 Å². The van der Waals surface area contributed by atoms with E-state index in [2.05, 4.69) is 6.07 Å². The number of rotatable bonds is 2. The molecule has 0 aliphatic rings. The summed E-state index contributed by atoms with van der Waals surface area (Å²) in [5.41, 5.74) is 2.08. The lowest BCUT2D eigenvalue weighted by Crippen LogP contribution is -1.88. The molecule has 0 unspecified atom stereocenters. The average Bonchev–Trinajstić information content (AvgIpc) is 2.39. The minimum atomic E-state index is -0.296. The quantitative estimate of drug-likeness (QED) is 0.788. The van der Waals surface area contributed by atoms with Gasteiger partial charge in [0.1, 0.15) is 11.6 Å². The van der Waals surface area contributed by atoms with E-state index in [1.165, 1.54) is 12.1 Å². The van der Waals surface area contributed by atoms with E-state index < -0.39 is 0 Å². The number of hydrogen-bond donors (Lipinski definition) is 0. The second-order valence-corrected chi connectivity index (χ2v) is 3.53. The Hall–Kier alpha value is -2.34. The molecule has 0 aliphatic carbocycles. The molecule has 0 fully saturated rings. The van der Waals surface area contributed by atoms with E-state index >= 15 is 0 Å². The highest BCUT2D eigenvalue weighted by Gasteiger charge is 2.06. The van der Waals surface area contributed by atoms with Crippen molar-refractivity contribution in [3.63, 3.8) is 0 Å². The molecule has 0 N–H and O–H groups in total. The van der Waals surface area contributed by atoms with Gasteiger partial charge in [0.25, 0.3) is 0 Å². The summed E-state index contributed by atoms with van der Waals surface area (Å²) < 4.78 is 18.0. The van der Waals surface area contributed by atoms with Crippen LogP contribution in [0.25, 0.3) is 11.1 Å². The number of halogens is 1. The Morgan fingerprint density at radius 1 is 1.12 bits per heavy atom. The van der Waals surface area contributed by atoms with Gasteiger partial charge < -0.3 is 4.74 Å². The molecule has 0 heterocycles. The lowest BCUT2D eigenvalue weighted by atomic mass is 10.00. The van der Waals surface area contributed by atoms with E-state index in [0.29, 0.717) is 11.3 Å². The maximum absolute atomic E-state index is 12.8. The Morgan fingerprint density at radius 2 is 1.82 bits per heavy atom. The number of nitrogens with zero attached hydrogens (tertiary/aromatic N) is 1. The van der Waals surface area contributed by atoms with Crippen molar-refractivity contribution in [3.05, 3.63) is 53.8 Å². The van der Waals surface area contributed by atoms with Gasteiger partial charge in [0.05, 0.1) is 18.7 Å². The minimum Gasteiger partial charge on any atom is -0.497 e. The van der Waals surface area contributed by atoms with Gasteiger partial charge in [-0.05, 0) is 35.9 Å².